The molecule has 1 aliphatic rings. The molecule has 3 aromatic rings. The summed E-state index contributed by atoms with van der Waals surface area (Å²) >= 11 is 5.98. The maximum Gasteiger partial charge on any atom is 0.264 e. The molecule has 32 heavy (non-hydrogen) atoms. The van der Waals surface area contributed by atoms with Crippen LogP contribution in [0, 0.1) is 0 Å². The van der Waals surface area contributed by atoms with E-state index in [2.05, 4.69) is 17.4 Å². The van der Waals surface area contributed by atoms with Crippen LogP contribution >= 0.6 is 11.6 Å². The first-order valence-corrected chi connectivity index (χ1v) is 12.4. The van der Waals surface area contributed by atoms with Gasteiger partial charge in [-0.2, -0.15) is 0 Å². The summed E-state index contributed by atoms with van der Waals surface area (Å²) < 4.78 is 27.8. The molecule has 166 valence electrons. The Morgan fingerprint density at radius 1 is 1.00 bits per heavy atom. The minimum absolute atomic E-state index is 0.120. The predicted molar refractivity (Wildman–Crippen MR) is 127 cm³/mol. The first kappa shape index (κ1) is 22.4. The van der Waals surface area contributed by atoms with Crippen LogP contribution in [0.1, 0.15) is 36.1 Å². The van der Waals surface area contributed by atoms with Crippen LogP contribution in [0.2, 0.25) is 5.02 Å². The van der Waals surface area contributed by atoms with E-state index >= 15 is 0 Å². The Hall–Kier alpha value is -2.83. The summed E-state index contributed by atoms with van der Waals surface area (Å²) in [6.45, 7) is 1.57. The number of carbonyl (C=O) groups excluding carboxylic acids is 1. The number of sulfonamides is 1. The molecule has 0 heterocycles. The quantitative estimate of drug-likeness (QED) is 0.536. The van der Waals surface area contributed by atoms with Crippen molar-refractivity contribution >= 4 is 33.2 Å². The van der Waals surface area contributed by atoms with Gasteiger partial charge < -0.3 is 5.32 Å². The third-order valence-corrected chi connectivity index (χ3v) is 7.77. The van der Waals surface area contributed by atoms with E-state index in [9.17, 15) is 13.2 Å². The highest BCUT2D eigenvalue weighted by Gasteiger charge is 2.27. The van der Waals surface area contributed by atoms with E-state index in [1.54, 1.807) is 42.5 Å². The average Bonchev–Trinajstić information content (AvgIpc) is 3.26. The van der Waals surface area contributed by atoms with Crippen molar-refractivity contribution in [2.45, 2.75) is 37.1 Å². The van der Waals surface area contributed by atoms with Crippen LogP contribution in [0.15, 0.2) is 77.7 Å². The highest BCUT2D eigenvalue weighted by molar-refractivity contribution is 7.92. The normalized spacial score (nSPS) is 13.9. The van der Waals surface area contributed by atoms with E-state index in [0.29, 0.717) is 10.7 Å². The van der Waals surface area contributed by atoms with Crippen molar-refractivity contribution in [2.24, 2.45) is 0 Å². The second-order valence-corrected chi connectivity index (χ2v) is 10.3. The second kappa shape index (κ2) is 9.35. The maximum absolute atomic E-state index is 13.3. The zero-order valence-electron chi connectivity index (χ0n) is 17.8. The van der Waals surface area contributed by atoms with Gasteiger partial charge in [-0.05, 0) is 79.3 Å². The average molecular weight is 469 g/mol. The summed E-state index contributed by atoms with van der Waals surface area (Å²) in [7, 11) is -3.94. The minimum atomic E-state index is -3.94. The molecule has 0 aromatic heterocycles. The van der Waals surface area contributed by atoms with Crippen molar-refractivity contribution in [1.82, 2.24) is 5.32 Å². The summed E-state index contributed by atoms with van der Waals surface area (Å²) in [5, 5.41) is 3.44. The summed E-state index contributed by atoms with van der Waals surface area (Å²) in [6, 6.07) is 20.6. The number of hydrogen-bond donors (Lipinski definition) is 1. The van der Waals surface area contributed by atoms with Gasteiger partial charge in [-0.3, -0.25) is 9.10 Å². The number of nitrogens with one attached hydrogen (secondary N) is 1. The standard InChI is InChI=1S/C25H25ClN2O3S/c1-18(20-11-10-19-6-5-7-21(19)16-20)27-25(29)17-28(23-14-12-22(26)13-15-23)32(30,31)24-8-3-2-4-9-24/h2-4,8-16,18H,5-7,17H2,1H3,(H,27,29). The monoisotopic (exact) mass is 468 g/mol. The molecule has 0 spiro atoms. The molecule has 0 fully saturated rings. The molecule has 5 nitrogen and oxygen atoms in total. The highest BCUT2D eigenvalue weighted by Crippen LogP contribution is 2.27. The Labute approximate surface area is 194 Å². The van der Waals surface area contributed by atoms with E-state index in [-0.39, 0.29) is 23.4 Å². The Kier molecular flexibility index (Phi) is 6.53. The molecule has 3 aromatic carbocycles. The van der Waals surface area contributed by atoms with Gasteiger partial charge >= 0.3 is 0 Å². The molecule has 1 aliphatic carbocycles. The van der Waals surface area contributed by atoms with Crippen molar-refractivity contribution in [3.8, 4) is 0 Å². The van der Waals surface area contributed by atoms with Gasteiger partial charge in [0.1, 0.15) is 6.54 Å². The predicted octanol–water partition coefficient (Wildman–Crippen LogP) is 4.90. The molecule has 1 N–H and O–H groups in total. The number of fused-ring (bicyclic) bond motifs is 1. The molecule has 1 unspecified atom stereocenters. The van der Waals surface area contributed by atoms with Gasteiger partial charge in [0.25, 0.3) is 10.0 Å². The third kappa shape index (κ3) is 4.81. The van der Waals surface area contributed by atoms with E-state index in [1.165, 1.54) is 23.3 Å². The van der Waals surface area contributed by atoms with Crippen molar-refractivity contribution in [3.63, 3.8) is 0 Å². The van der Waals surface area contributed by atoms with Crippen LogP contribution in [0.25, 0.3) is 0 Å². The van der Waals surface area contributed by atoms with Gasteiger partial charge in [0.2, 0.25) is 5.91 Å². The molecular weight excluding hydrogens is 444 g/mol. The topological polar surface area (TPSA) is 66.5 Å². The lowest BCUT2D eigenvalue weighted by atomic mass is 10.0. The largest absolute Gasteiger partial charge is 0.348 e. The highest BCUT2D eigenvalue weighted by atomic mass is 35.5. The van der Waals surface area contributed by atoms with Gasteiger partial charge in [0.15, 0.2) is 0 Å². The lowest BCUT2D eigenvalue weighted by Crippen LogP contribution is -2.41. The van der Waals surface area contributed by atoms with E-state index in [0.717, 1.165) is 29.1 Å². The molecule has 1 atom stereocenters. The first-order chi connectivity index (χ1) is 15.3. The number of aryl methyl sites for hydroxylation is 2. The summed E-state index contributed by atoms with van der Waals surface area (Å²) in [5.74, 6) is -0.382. The summed E-state index contributed by atoms with van der Waals surface area (Å²) in [6.07, 6.45) is 3.32. The Balaban J connectivity index is 1.56. The Morgan fingerprint density at radius 2 is 1.69 bits per heavy atom. The Bertz CT molecular complexity index is 1210. The summed E-state index contributed by atoms with van der Waals surface area (Å²) in [4.78, 5) is 13.1. The van der Waals surface area contributed by atoms with Crippen molar-refractivity contribution < 1.29 is 13.2 Å². The first-order valence-electron chi connectivity index (χ1n) is 10.6. The van der Waals surface area contributed by atoms with Crippen molar-refractivity contribution in [2.75, 3.05) is 10.8 Å². The fraction of sp³-hybridized carbons (Fsp3) is 0.240. The molecule has 4 rings (SSSR count). The van der Waals surface area contributed by atoms with Crippen LogP contribution in [0.3, 0.4) is 0 Å². The zero-order chi connectivity index (χ0) is 22.7. The van der Waals surface area contributed by atoms with Crippen molar-refractivity contribution in [1.29, 1.82) is 0 Å². The van der Waals surface area contributed by atoms with E-state index in [4.69, 9.17) is 11.6 Å². The van der Waals surface area contributed by atoms with Gasteiger partial charge in [-0.25, -0.2) is 8.42 Å². The minimum Gasteiger partial charge on any atom is -0.348 e. The fourth-order valence-corrected chi connectivity index (χ4v) is 5.57. The fourth-order valence-electron chi connectivity index (χ4n) is 4.00. The lowest BCUT2D eigenvalue weighted by Gasteiger charge is -2.25. The van der Waals surface area contributed by atoms with Gasteiger partial charge in [-0.15, -0.1) is 0 Å². The number of amides is 1. The Morgan fingerprint density at radius 3 is 2.41 bits per heavy atom. The van der Waals surface area contributed by atoms with Crippen LogP contribution in [0.4, 0.5) is 5.69 Å². The van der Waals surface area contributed by atoms with E-state index in [1.807, 2.05) is 13.0 Å². The molecule has 0 bridgehead atoms. The number of rotatable bonds is 7. The van der Waals surface area contributed by atoms with Gasteiger partial charge in [0, 0.05) is 5.02 Å². The van der Waals surface area contributed by atoms with Crippen molar-refractivity contribution in [3.05, 3.63) is 94.5 Å². The molecule has 0 aliphatic heterocycles. The van der Waals surface area contributed by atoms with E-state index < -0.39 is 10.0 Å². The van der Waals surface area contributed by atoms with Gasteiger partial charge in [-0.1, -0.05) is 48.0 Å². The molecular formula is C25H25ClN2O3S. The molecule has 0 saturated carbocycles. The summed E-state index contributed by atoms with van der Waals surface area (Å²) in [5.41, 5.74) is 4.09. The number of nitrogens with zero attached hydrogens (tertiary/aromatic N) is 1. The maximum atomic E-state index is 13.3. The molecule has 0 radical (unpaired) electrons. The molecule has 7 heteroatoms. The zero-order valence-corrected chi connectivity index (χ0v) is 19.4. The van der Waals surface area contributed by atoms with Crippen LogP contribution < -0.4 is 9.62 Å². The van der Waals surface area contributed by atoms with Crippen LogP contribution in [-0.2, 0) is 27.7 Å². The number of carbonyl (C=O) groups is 1. The third-order valence-electron chi connectivity index (χ3n) is 5.73. The number of benzene rings is 3. The number of anilines is 1. The van der Waals surface area contributed by atoms with Gasteiger partial charge in [0.05, 0.1) is 16.6 Å². The number of halogens is 1. The second-order valence-electron chi connectivity index (χ2n) is 7.97. The lowest BCUT2D eigenvalue weighted by molar-refractivity contribution is -0.120. The molecule has 1 amide bonds. The van der Waals surface area contributed by atoms with Crippen LogP contribution in [-0.4, -0.2) is 20.9 Å². The molecule has 0 saturated heterocycles. The smallest absolute Gasteiger partial charge is 0.264 e. The SMILES string of the molecule is CC(NC(=O)CN(c1ccc(Cl)cc1)S(=O)(=O)c1ccccc1)c1ccc2c(c1)CCC2. The number of hydrogen-bond acceptors (Lipinski definition) is 3. The van der Waals surface area contributed by atoms with Crippen LogP contribution in [0.5, 0.6) is 0 Å².